The largest absolute Gasteiger partial charge is 0.410 e. The minimum Gasteiger partial charge on any atom is -0.407 e. The van der Waals surface area contributed by atoms with E-state index < -0.39 is 6.09 Å². The van der Waals surface area contributed by atoms with Crippen molar-refractivity contribution in [3.05, 3.63) is 18.7 Å². The smallest absolute Gasteiger partial charge is 0.407 e. The Labute approximate surface area is 56.9 Å². The summed E-state index contributed by atoms with van der Waals surface area (Å²) in [5, 5.41) is 0. The third-order valence-corrected chi connectivity index (χ3v) is 0.755. The van der Waals surface area contributed by atoms with Gasteiger partial charge < -0.3 is 10.5 Å². The monoisotopic (exact) mass is 139 g/mol. The summed E-state index contributed by atoms with van der Waals surface area (Å²) < 4.78 is 4.43. The van der Waals surface area contributed by atoms with E-state index in [-0.39, 0.29) is 5.75 Å². The lowest BCUT2D eigenvalue weighted by Gasteiger charge is -1.95. The molecule has 2 N–H and O–H groups in total. The molecule has 10 heavy (non-hydrogen) atoms. The van der Waals surface area contributed by atoms with Crippen LogP contribution in [-0.4, -0.2) is 16.1 Å². The van der Waals surface area contributed by atoms with E-state index in [1.807, 2.05) is 0 Å². The second-order valence-electron chi connectivity index (χ2n) is 1.50. The zero-order valence-corrected chi connectivity index (χ0v) is 5.02. The number of nitrogens with zero attached hydrogens (tertiary/aromatic N) is 2. The number of ether oxygens (including phenoxy) is 1. The Morgan fingerprint density at radius 2 is 2.10 bits per heavy atom. The molecule has 1 heterocycles. The van der Waals surface area contributed by atoms with Gasteiger partial charge in [-0.2, -0.15) is 0 Å². The lowest BCUT2D eigenvalue weighted by molar-refractivity contribution is 0.210. The van der Waals surface area contributed by atoms with Crippen molar-refractivity contribution in [2.75, 3.05) is 0 Å². The summed E-state index contributed by atoms with van der Waals surface area (Å²) >= 11 is 0. The summed E-state index contributed by atoms with van der Waals surface area (Å²) in [6, 6.07) is 0. The fraction of sp³-hybridized carbons (Fsp3) is 0. The quantitative estimate of drug-likeness (QED) is 0.590. The van der Waals surface area contributed by atoms with Gasteiger partial charge in [0.1, 0.15) is 6.33 Å². The first-order valence-electron chi connectivity index (χ1n) is 2.51. The van der Waals surface area contributed by atoms with Crippen LogP contribution in [0.5, 0.6) is 5.75 Å². The van der Waals surface area contributed by atoms with Gasteiger partial charge in [-0.3, -0.25) is 0 Å². The molecule has 5 nitrogen and oxygen atoms in total. The molecule has 0 atom stereocenters. The van der Waals surface area contributed by atoms with Crippen molar-refractivity contribution in [3.63, 3.8) is 0 Å². The number of primary amides is 1. The first kappa shape index (κ1) is 6.47. The average molecular weight is 139 g/mol. The highest BCUT2D eigenvalue weighted by Gasteiger charge is 1.95. The number of carbonyl (C=O) groups is 1. The highest BCUT2D eigenvalue weighted by Crippen LogP contribution is 2.02. The lowest BCUT2D eigenvalue weighted by atomic mass is 10.6. The zero-order valence-electron chi connectivity index (χ0n) is 5.02. The Morgan fingerprint density at radius 3 is 2.60 bits per heavy atom. The molecule has 0 unspecified atom stereocenters. The number of amides is 1. The van der Waals surface area contributed by atoms with Crippen molar-refractivity contribution in [2.45, 2.75) is 0 Å². The molecular formula is C5H5N3O2. The van der Waals surface area contributed by atoms with Gasteiger partial charge in [0.05, 0.1) is 12.4 Å². The maximum absolute atomic E-state index is 10.1. The van der Waals surface area contributed by atoms with Crippen molar-refractivity contribution in [2.24, 2.45) is 5.73 Å². The van der Waals surface area contributed by atoms with Crippen LogP contribution in [0, 0.1) is 0 Å². The molecule has 0 spiro atoms. The fourth-order valence-electron chi connectivity index (χ4n) is 0.454. The number of hydrogen-bond acceptors (Lipinski definition) is 4. The molecule has 52 valence electrons. The van der Waals surface area contributed by atoms with Crippen LogP contribution >= 0.6 is 0 Å². The zero-order chi connectivity index (χ0) is 7.40. The molecule has 0 aromatic carbocycles. The van der Waals surface area contributed by atoms with Crippen molar-refractivity contribution < 1.29 is 9.53 Å². The summed E-state index contributed by atoms with van der Waals surface area (Å²) in [6.45, 7) is 0. The number of aromatic nitrogens is 2. The Morgan fingerprint density at radius 1 is 1.50 bits per heavy atom. The van der Waals surface area contributed by atoms with E-state index in [9.17, 15) is 4.79 Å². The summed E-state index contributed by atoms with van der Waals surface area (Å²) in [5.41, 5.74) is 4.71. The maximum Gasteiger partial charge on any atom is 0.410 e. The Hall–Kier alpha value is -1.65. The van der Waals surface area contributed by atoms with E-state index >= 15 is 0 Å². The minimum absolute atomic E-state index is 0.245. The third kappa shape index (κ3) is 1.70. The van der Waals surface area contributed by atoms with Gasteiger partial charge in [0, 0.05) is 0 Å². The molecule has 0 saturated carbocycles. The van der Waals surface area contributed by atoms with Gasteiger partial charge in [0.25, 0.3) is 0 Å². The van der Waals surface area contributed by atoms with Crippen LogP contribution < -0.4 is 10.5 Å². The number of carbonyl (C=O) groups excluding carboxylic acids is 1. The van der Waals surface area contributed by atoms with Crippen LogP contribution in [0.4, 0.5) is 4.79 Å². The topological polar surface area (TPSA) is 78.1 Å². The van der Waals surface area contributed by atoms with Crippen molar-refractivity contribution in [3.8, 4) is 5.75 Å². The Bertz CT molecular complexity index is 224. The molecule has 1 aromatic rings. The SMILES string of the molecule is NC(=O)Oc1cncnc1. The van der Waals surface area contributed by atoms with E-state index in [0.717, 1.165) is 0 Å². The van der Waals surface area contributed by atoms with Gasteiger partial charge in [-0.25, -0.2) is 14.8 Å². The van der Waals surface area contributed by atoms with Gasteiger partial charge in [-0.15, -0.1) is 0 Å². The Kier molecular flexibility index (Phi) is 1.79. The number of rotatable bonds is 1. The normalized spacial score (nSPS) is 8.80. The third-order valence-electron chi connectivity index (χ3n) is 0.755. The minimum atomic E-state index is -0.866. The van der Waals surface area contributed by atoms with E-state index in [1.54, 1.807) is 0 Å². The van der Waals surface area contributed by atoms with E-state index in [2.05, 4.69) is 14.7 Å². The van der Waals surface area contributed by atoms with Crippen LogP contribution in [0.2, 0.25) is 0 Å². The number of nitrogens with two attached hydrogens (primary N) is 1. The van der Waals surface area contributed by atoms with Gasteiger partial charge in [0.2, 0.25) is 0 Å². The highest BCUT2D eigenvalue weighted by molar-refractivity contribution is 5.67. The molecule has 0 aliphatic rings. The predicted molar refractivity (Wildman–Crippen MR) is 32.2 cm³/mol. The molecule has 0 radical (unpaired) electrons. The molecule has 5 heteroatoms. The Balaban J connectivity index is 2.67. The van der Waals surface area contributed by atoms with E-state index in [1.165, 1.54) is 18.7 Å². The van der Waals surface area contributed by atoms with Gasteiger partial charge in [-0.05, 0) is 0 Å². The molecule has 0 bridgehead atoms. The van der Waals surface area contributed by atoms with Crippen LogP contribution in [0.15, 0.2) is 18.7 Å². The van der Waals surface area contributed by atoms with Crippen LogP contribution in [0.25, 0.3) is 0 Å². The molecular weight excluding hydrogens is 134 g/mol. The molecule has 0 fully saturated rings. The first-order chi connectivity index (χ1) is 4.79. The van der Waals surface area contributed by atoms with E-state index in [0.29, 0.717) is 0 Å². The van der Waals surface area contributed by atoms with Crippen LogP contribution in [0.1, 0.15) is 0 Å². The van der Waals surface area contributed by atoms with Gasteiger partial charge in [0.15, 0.2) is 5.75 Å². The summed E-state index contributed by atoms with van der Waals surface area (Å²) in [4.78, 5) is 17.3. The summed E-state index contributed by atoms with van der Waals surface area (Å²) in [6.07, 6.45) is 3.15. The highest BCUT2D eigenvalue weighted by atomic mass is 16.5. The van der Waals surface area contributed by atoms with Crippen molar-refractivity contribution in [1.82, 2.24) is 9.97 Å². The average Bonchev–Trinajstić information content (AvgIpc) is 1.88. The molecule has 1 amide bonds. The summed E-state index contributed by atoms with van der Waals surface area (Å²) in [7, 11) is 0. The molecule has 0 aliphatic carbocycles. The maximum atomic E-state index is 10.1. The van der Waals surface area contributed by atoms with Crippen molar-refractivity contribution >= 4 is 6.09 Å². The number of hydrogen-bond donors (Lipinski definition) is 1. The molecule has 0 aliphatic heterocycles. The molecule has 0 saturated heterocycles. The molecule has 1 aromatic heterocycles. The second kappa shape index (κ2) is 2.77. The van der Waals surface area contributed by atoms with Crippen LogP contribution in [0.3, 0.4) is 0 Å². The standard InChI is InChI=1S/C5H5N3O2/c6-5(9)10-4-1-7-3-8-2-4/h1-3H,(H2,6,9). The summed E-state index contributed by atoms with van der Waals surface area (Å²) in [5.74, 6) is 0.245. The fourth-order valence-corrected chi connectivity index (χ4v) is 0.454. The molecule has 1 rings (SSSR count). The first-order valence-corrected chi connectivity index (χ1v) is 2.51. The predicted octanol–water partition coefficient (Wildman–Crippen LogP) is -0.0659. The van der Waals surface area contributed by atoms with Crippen LogP contribution in [-0.2, 0) is 0 Å². The van der Waals surface area contributed by atoms with Gasteiger partial charge in [-0.1, -0.05) is 0 Å². The van der Waals surface area contributed by atoms with Crippen molar-refractivity contribution in [1.29, 1.82) is 0 Å². The second-order valence-corrected chi connectivity index (χ2v) is 1.50. The lowest BCUT2D eigenvalue weighted by Crippen LogP contribution is -2.16. The van der Waals surface area contributed by atoms with E-state index in [4.69, 9.17) is 5.73 Å². The van der Waals surface area contributed by atoms with Gasteiger partial charge >= 0.3 is 6.09 Å².